The highest BCUT2D eigenvalue weighted by atomic mass is 16.3. The van der Waals surface area contributed by atoms with Gasteiger partial charge in [0, 0.05) is 51.8 Å². The zero-order valence-electron chi connectivity index (χ0n) is 9.93. The summed E-state index contributed by atoms with van der Waals surface area (Å²) in [6.07, 6.45) is 0. The van der Waals surface area contributed by atoms with Crippen LogP contribution in [0.25, 0.3) is 0 Å². The van der Waals surface area contributed by atoms with Gasteiger partial charge in [0.25, 0.3) is 0 Å². The highest BCUT2D eigenvalue weighted by Crippen LogP contribution is 2.14. The van der Waals surface area contributed by atoms with Gasteiger partial charge in [0.1, 0.15) is 0 Å². The molecule has 2 rings (SSSR count). The molecule has 0 radical (unpaired) electrons. The predicted molar refractivity (Wildman–Crippen MR) is 61.1 cm³/mol. The second-order valence-corrected chi connectivity index (χ2v) is 4.93. The largest absolute Gasteiger partial charge is 0.396 e. The molecule has 1 amide bonds. The lowest BCUT2D eigenvalue weighted by atomic mass is 10.0. The maximum absolute atomic E-state index is 11.9. The van der Waals surface area contributed by atoms with Crippen LogP contribution in [0.15, 0.2) is 0 Å². The van der Waals surface area contributed by atoms with Crippen LogP contribution in [0, 0.1) is 5.92 Å². The number of carbonyl (C=O) groups excluding carboxylic acids is 1. The van der Waals surface area contributed by atoms with Crippen LogP contribution in [-0.4, -0.2) is 85.2 Å². The predicted octanol–water partition coefficient (Wildman–Crippen LogP) is -1.32. The van der Waals surface area contributed by atoms with Gasteiger partial charge < -0.3 is 14.9 Å². The van der Waals surface area contributed by atoms with Gasteiger partial charge in [-0.15, -0.1) is 0 Å². The smallest absolute Gasteiger partial charge is 0.236 e. The van der Waals surface area contributed by atoms with Gasteiger partial charge in [-0.25, -0.2) is 0 Å². The lowest BCUT2D eigenvalue weighted by Gasteiger charge is -2.40. The van der Waals surface area contributed by atoms with E-state index >= 15 is 0 Å². The van der Waals surface area contributed by atoms with E-state index in [4.69, 9.17) is 5.11 Å². The van der Waals surface area contributed by atoms with Crippen LogP contribution < -0.4 is 0 Å². The van der Waals surface area contributed by atoms with E-state index in [2.05, 4.69) is 16.8 Å². The van der Waals surface area contributed by atoms with Crippen LogP contribution in [0.4, 0.5) is 0 Å². The van der Waals surface area contributed by atoms with Crippen molar-refractivity contribution < 1.29 is 9.90 Å². The Labute approximate surface area is 96.6 Å². The first-order valence-electron chi connectivity index (χ1n) is 5.98. The summed E-state index contributed by atoms with van der Waals surface area (Å²) in [5, 5.41) is 8.89. The van der Waals surface area contributed by atoms with Crippen molar-refractivity contribution in [1.82, 2.24) is 14.7 Å². The van der Waals surface area contributed by atoms with Gasteiger partial charge in [-0.3, -0.25) is 9.69 Å². The normalized spacial score (nSPS) is 24.5. The molecule has 0 aromatic rings. The Bertz CT molecular complexity index is 246. The number of amides is 1. The van der Waals surface area contributed by atoms with Crippen molar-refractivity contribution in [2.45, 2.75) is 0 Å². The van der Waals surface area contributed by atoms with Crippen molar-refractivity contribution in [3.8, 4) is 0 Å². The van der Waals surface area contributed by atoms with Crippen molar-refractivity contribution in [3.63, 3.8) is 0 Å². The monoisotopic (exact) mass is 227 g/mol. The molecule has 2 fully saturated rings. The molecular formula is C11H21N3O2. The summed E-state index contributed by atoms with van der Waals surface area (Å²) in [5.41, 5.74) is 0. The SMILES string of the molecule is CN1CCN(C(=O)CN2CC(CO)C2)CC1. The molecule has 0 aromatic heterocycles. The summed E-state index contributed by atoms with van der Waals surface area (Å²) in [5.74, 6) is 0.629. The molecule has 0 spiro atoms. The van der Waals surface area contributed by atoms with E-state index in [1.165, 1.54) is 0 Å². The molecule has 2 saturated heterocycles. The van der Waals surface area contributed by atoms with Gasteiger partial charge in [0.2, 0.25) is 5.91 Å². The highest BCUT2D eigenvalue weighted by molar-refractivity contribution is 5.78. The number of likely N-dealkylation sites (N-methyl/N-ethyl adjacent to an activating group) is 1. The van der Waals surface area contributed by atoms with Crippen LogP contribution in [0.1, 0.15) is 0 Å². The Balaban J connectivity index is 1.68. The minimum atomic E-state index is 0.240. The lowest BCUT2D eigenvalue weighted by molar-refractivity contribution is -0.136. The number of hydrogen-bond donors (Lipinski definition) is 1. The molecule has 0 atom stereocenters. The Morgan fingerprint density at radius 2 is 1.88 bits per heavy atom. The molecule has 0 aliphatic carbocycles. The molecule has 0 bridgehead atoms. The molecule has 92 valence electrons. The Hall–Kier alpha value is -0.650. The highest BCUT2D eigenvalue weighted by Gasteiger charge is 2.29. The fourth-order valence-corrected chi connectivity index (χ4v) is 2.27. The van der Waals surface area contributed by atoms with Gasteiger partial charge in [-0.2, -0.15) is 0 Å². The molecule has 0 saturated carbocycles. The summed E-state index contributed by atoms with van der Waals surface area (Å²) in [6.45, 7) is 6.18. The van der Waals surface area contributed by atoms with Crippen molar-refractivity contribution >= 4 is 5.91 Å². The van der Waals surface area contributed by atoms with Gasteiger partial charge in [-0.05, 0) is 7.05 Å². The van der Waals surface area contributed by atoms with Gasteiger partial charge >= 0.3 is 0 Å². The third-order valence-corrected chi connectivity index (χ3v) is 3.51. The first-order chi connectivity index (χ1) is 7.69. The first kappa shape index (κ1) is 11.8. The van der Waals surface area contributed by atoms with Gasteiger partial charge in [0.15, 0.2) is 0 Å². The molecular weight excluding hydrogens is 206 g/mol. The van der Waals surface area contributed by atoms with E-state index in [0.717, 1.165) is 39.3 Å². The zero-order valence-corrected chi connectivity index (χ0v) is 9.93. The molecule has 2 aliphatic rings. The molecule has 2 aliphatic heterocycles. The number of aliphatic hydroxyl groups excluding tert-OH is 1. The van der Waals surface area contributed by atoms with Gasteiger partial charge in [-0.1, -0.05) is 0 Å². The van der Waals surface area contributed by atoms with Crippen molar-refractivity contribution in [2.24, 2.45) is 5.92 Å². The summed E-state index contributed by atoms with van der Waals surface area (Å²) in [4.78, 5) is 18.2. The first-order valence-corrected chi connectivity index (χ1v) is 5.98. The summed E-state index contributed by atoms with van der Waals surface area (Å²) >= 11 is 0. The van der Waals surface area contributed by atoms with E-state index in [1.54, 1.807) is 0 Å². The van der Waals surface area contributed by atoms with E-state index in [9.17, 15) is 4.79 Å². The Morgan fingerprint density at radius 3 is 2.44 bits per heavy atom. The van der Waals surface area contributed by atoms with Crippen LogP contribution in [-0.2, 0) is 4.79 Å². The van der Waals surface area contributed by atoms with E-state index in [0.29, 0.717) is 12.5 Å². The van der Waals surface area contributed by atoms with Crippen molar-refractivity contribution in [3.05, 3.63) is 0 Å². The zero-order chi connectivity index (χ0) is 11.5. The third-order valence-electron chi connectivity index (χ3n) is 3.51. The number of carbonyl (C=O) groups is 1. The molecule has 16 heavy (non-hydrogen) atoms. The molecule has 5 nitrogen and oxygen atoms in total. The van der Waals surface area contributed by atoms with Crippen LogP contribution in [0.5, 0.6) is 0 Å². The fourth-order valence-electron chi connectivity index (χ4n) is 2.27. The van der Waals surface area contributed by atoms with Crippen molar-refractivity contribution in [1.29, 1.82) is 0 Å². The summed E-state index contributed by atoms with van der Waals surface area (Å²) in [7, 11) is 2.09. The standard InChI is InChI=1S/C11H21N3O2/c1-12-2-4-14(5-3-12)11(16)8-13-6-10(7-13)9-15/h10,15H,2-9H2,1H3. The number of hydrogen-bond acceptors (Lipinski definition) is 4. The quantitative estimate of drug-likeness (QED) is 0.650. The van der Waals surface area contributed by atoms with Gasteiger partial charge in [0.05, 0.1) is 6.54 Å². The van der Waals surface area contributed by atoms with Crippen LogP contribution >= 0.6 is 0 Å². The number of piperazine rings is 1. The molecule has 1 N–H and O–H groups in total. The van der Waals surface area contributed by atoms with E-state index < -0.39 is 0 Å². The topological polar surface area (TPSA) is 47.0 Å². The lowest BCUT2D eigenvalue weighted by Crippen LogP contribution is -2.55. The van der Waals surface area contributed by atoms with E-state index in [-0.39, 0.29) is 12.5 Å². The average molecular weight is 227 g/mol. The minimum Gasteiger partial charge on any atom is -0.396 e. The number of rotatable bonds is 3. The summed E-state index contributed by atoms with van der Waals surface area (Å²) in [6, 6.07) is 0. The third kappa shape index (κ3) is 2.72. The second-order valence-electron chi connectivity index (χ2n) is 4.93. The number of aliphatic hydroxyl groups is 1. The Kier molecular flexibility index (Phi) is 3.78. The fraction of sp³-hybridized carbons (Fsp3) is 0.909. The molecule has 0 aromatic carbocycles. The molecule has 0 unspecified atom stereocenters. The van der Waals surface area contributed by atoms with Crippen LogP contribution in [0.2, 0.25) is 0 Å². The minimum absolute atomic E-state index is 0.240. The molecule has 2 heterocycles. The number of nitrogens with zero attached hydrogens (tertiary/aromatic N) is 3. The number of likely N-dealkylation sites (tertiary alicyclic amines) is 1. The maximum Gasteiger partial charge on any atom is 0.236 e. The van der Waals surface area contributed by atoms with Crippen LogP contribution in [0.3, 0.4) is 0 Å². The average Bonchev–Trinajstić information content (AvgIpc) is 2.23. The Morgan fingerprint density at radius 1 is 1.25 bits per heavy atom. The maximum atomic E-state index is 11.9. The van der Waals surface area contributed by atoms with Crippen molar-refractivity contribution in [2.75, 3.05) is 59.5 Å². The summed E-state index contributed by atoms with van der Waals surface area (Å²) < 4.78 is 0. The second kappa shape index (κ2) is 5.12. The van der Waals surface area contributed by atoms with E-state index in [1.807, 2.05) is 4.90 Å². The molecule has 5 heteroatoms.